The van der Waals surface area contributed by atoms with E-state index in [1.165, 1.54) is 12.8 Å². The third kappa shape index (κ3) is 6.99. The van der Waals surface area contributed by atoms with Crippen molar-refractivity contribution in [3.8, 4) is 0 Å². The number of nitrogens with zero attached hydrogens (tertiary/aromatic N) is 2. The van der Waals surface area contributed by atoms with Crippen molar-refractivity contribution in [2.24, 2.45) is 5.92 Å². The fourth-order valence-corrected chi connectivity index (χ4v) is 4.56. The molecule has 1 atom stereocenters. The Labute approximate surface area is 182 Å². The molecule has 0 radical (unpaired) electrons. The molecule has 28 heavy (non-hydrogen) atoms. The van der Waals surface area contributed by atoms with Gasteiger partial charge in [-0.05, 0) is 58.3 Å². The summed E-state index contributed by atoms with van der Waals surface area (Å²) in [6.07, 6.45) is 9.15. The van der Waals surface area contributed by atoms with Crippen LogP contribution in [0, 0.1) is 5.92 Å². The largest absolute Gasteiger partial charge is 0.466 e. The number of piperidine rings is 1. The average Bonchev–Trinajstić information content (AvgIpc) is 3.21. The topological polar surface area (TPSA) is 51.2 Å². The van der Waals surface area contributed by atoms with E-state index in [0.717, 1.165) is 64.7 Å². The van der Waals surface area contributed by atoms with Crippen LogP contribution in [0.15, 0.2) is 0 Å². The lowest BCUT2D eigenvalue weighted by Gasteiger charge is -2.43. The summed E-state index contributed by atoms with van der Waals surface area (Å²) >= 11 is 0. The molecule has 0 amide bonds. The van der Waals surface area contributed by atoms with Gasteiger partial charge in [-0.2, -0.15) is 0 Å². The van der Waals surface area contributed by atoms with Crippen LogP contribution in [0.2, 0.25) is 0 Å². The van der Waals surface area contributed by atoms with Crippen LogP contribution in [0.5, 0.6) is 0 Å². The Bertz CT molecular complexity index is 436. The number of hydrogen-bond donors (Lipinski definition) is 0. The Balaban J connectivity index is 0.00000196. The first-order valence-corrected chi connectivity index (χ1v) is 10.5. The van der Waals surface area contributed by atoms with Crippen LogP contribution in [-0.4, -0.2) is 74.2 Å². The van der Waals surface area contributed by atoms with Gasteiger partial charge in [-0.1, -0.05) is 0 Å². The van der Waals surface area contributed by atoms with Crippen molar-refractivity contribution >= 4 is 30.8 Å². The molecule has 1 saturated carbocycles. The number of esters is 1. The van der Waals surface area contributed by atoms with Crippen LogP contribution in [-0.2, 0) is 19.0 Å². The zero-order valence-electron chi connectivity index (χ0n) is 17.3. The minimum atomic E-state index is -0.0244. The zero-order valence-corrected chi connectivity index (χ0v) is 19.0. The first kappa shape index (κ1) is 25.9. The predicted octanol–water partition coefficient (Wildman–Crippen LogP) is 3.46. The fraction of sp³-hybridized carbons (Fsp3) is 0.950. The van der Waals surface area contributed by atoms with Crippen molar-refractivity contribution in [3.05, 3.63) is 0 Å². The lowest BCUT2D eigenvalue weighted by atomic mass is 9.87. The number of likely N-dealkylation sites (tertiary alicyclic amines) is 2. The highest BCUT2D eigenvalue weighted by Gasteiger charge is 2.35. The normalized spacial score (nSPS) is 28.2. The van der Waals surface area contributed by atoms with Crippen molar-refractivity contribution in [1.29, 1.82) is 0 Å². The Morgan fingerprint density at radius 1 is 0.893 bits per heavy atom. The summed E-state index contributed by atoms with van der Waals surface area (Å²) in [6.45, 7) is 6.69. The molecule has 0 aromatic heterocycles. The maximum absolute atomic E-state index is 12.0. The molecule has 1 aliphatic carbocycles. The fourth-order valence-electron chi connectivity index (χ4n) is 4.56. The van der Waals surface area contributed by atoms with E-state index >= 15 is 0 Å². The summed E-state index contributed by atoms with van der Waals surface area (Å²) in [5.74, 6) is 0.0427. The van der Waals surface area contributed by atoms with Gasteiger partial charge in [0.15, 0.2) is 6.35 Å². The number of halogens is 2. The van der Waals surface area contributed by atoms with E-state index in [0.29, 0.717) is 12.7 Å². The van der Waals surface area contributed by atoms with Crippen LogP contribution in [0.3, 0.4) is 0 Å². The molecule has 3 aliphatic rings. The van der Waals surface area contributed by atoms with Crippen LogP contribution in [0.1, 0.15) is 58.3 Å². The maximum atomic E-state index is 12.0. The van der Waals surface area contributed by atoms with Gasteiger partial charge in [0, 0.05) is 33.3 Å². The molecule has 1 unspecified atom stereocenters. The van der Waals surface area contributed by atoms with Crippen LogP contribution < -0.4 is 0 Å². The quantitative estimate of drug-likeness (QED) is 0.564. The Kier molecular flexibility index (Phi) is 12.3. The SMILES string of the molecule is CCOC(=O)C1CCC(OC(N2CCCC2)N2CCC(OC)CC2)CC1.Cl.Cl. The first-order chi connectivity index (χ1) is 12.7. The monoisotopic (exact) mass is 440 g/mol. The lowest BCUT2D eigenvalue weighted by molar-refractivity contribution is -0.192. The second kappa shape index (κ2) is 13.2. The Morgan fingerprint density at radius 3 is 2.00 bits per heavy atom. The zero-order chi connectivity index (χ0) is 18.4. The van der Waals surface area contributed by atoms with Gasteiger partial charge in [0.2, 0.25) is 0 Å². The molecule has 0 aromatic carbocycles. The van der Waals surface area contributed by atoms with Gasteiger partial charge >= 0.3 is 5.97 Å². The predicted molar refractivity (Wildman–Crippen MR) is 114 cm³/mol. The van der Waals surface area contributed by atoms with E-state index in [-0.39, 0.29) is 49.2 Å². The molecule has 6 nitrogen and oxygen atoms in total. The van der Waals surface area contributed by atoms with Crippen LogP contribution >= 0.6 is 24.8 Å². The summed E-state index contributed by atoms with van der Waals surface area (Å²) in [4.78, 5) is 17.0. The first-order valence-electron chi connectivity index (χ1n) is 10.5. The smallest absolute Gasteiger partial charge is 0.308 e. The van der Waals surface area contributed by atoms with Gasteiger partial charge in [0.25, 0.3) is 0 Å². The van der Waals surface area contributed by atoms with Crippen molar-refractivity contribution in [2.75, 3.05) is 39.9 Å². The highest BCUT2D eigenvalue weighted by molar-refractivity contribution is 5.85. The number of carbonyl (C=O) groups excluding carboxylic acids is 1. The molecule has 2 heterocycles. The average molecular weight is 441 g/mol. The molecule has 0 spiro atoms. The summed E-state index contributed by atoms with van der Waals surface area (Å²) in [5, 5.41) is 0. The van der Waals surface area contributed by atoms with E-state index in [4.69, 9.17) is 14.2 Å². The molecule has 2 aliphatic heterocycles. The molecule has 3 fully saturated rings. The van der Waals surface area contributed by atoms with Crippen LogP contribution in [0.25, 0.3) is 0 Å². The van der Waals surface area contributed by atoms with Gasteiger partial charge < -0.3 is 14.2 Å². The van der Waals surface area contributed by atoms with Gasteiger partial charge in [0.05, 0.1) is 24.7 Å². The summed E-state index contributed by atoms with van der Waals surface area (Å²) in [5.41, 5.74) is 0. The third-order valence-electron chi connectivity index (χ3n) is 6.18. The van der Waals surface area contributed by atoms with E-state index in [1.54, 1.807) is 0 Å². The van der Waals surface area contributed by atoms with Gasteiger partial charge in [-0.15, -0.1) is 24.8 Å². The van der Waals surface area contributed by atoms with Gasteiger partial charge in [-0.25, -0.2) is 0 Å². The number of hydrogen-bond acceptors (Lipinski definition) is 6. The summed E-state index contributed by atoms with van der Waals surface area (Å²) < 4.78 is 17.3. The van der Waals surface area contributed by atoms with Crippen LogP contribution in [0.4, 0.5) is 0 Å². The molecule has 0 aromatic rings. The summed E-state index contributed by atoms with van der Waals surface area (Å²) in [7, 11) is 1.82. The Hall–Kier alpha value is -0.110. The van der Waals surface area contributed by atoms with Crippen molar-refractivity contribution in [1.82, 2.24) is 9.80 Å². The summed E-state index contributed by atoms with van der Waals surface area (Å²) in [6, 6.07) is 0. The molecular weight excluding hydrogens is 403 g/mol. The second-order valence-electron chi connectivity index (χ2n) is 7.90. The number of rotatable bonds is 7. The van der Waals surface area contributed by atoms with E-state index in [1.807, 2.05) is 14.0 Å². The maximum Gasteiger partial charge on any atom is 0.308 e. The minimum absolute atomic E-state index is 0. The third-order valence-corrected chi connectivity index (χ3v) is 6.18. The highest BCUT2D eigenvalue weighted by atomic mass is 35.5. The highest BCUT2D eigenvalue weighted by Crippen LogP contribution is 2.30. The van der Waals surface area contributed by atoms with E-state index in [2.05, 4.69) is 9.80 Å². The molecular formula is C20H38Cl2N2O4. The van der Waals surface area contributed by atoms with E-state index < -0.39 is 0 Å². The molecule has 166 valence electrons. The van der Waals surface area contributed by atoms with Gasteiger partial charge in [-0.3, -0.25) is 14.6 Å². The standard InChI is InChI=1S/C20H36N2O4.2ClH/c1-3-25-19(23)16-6-8-18(9-7-16)26-20(21-12-4-5-13-21)22-14-10-17(24-2)11-15-22;;/h16-18,20H,3-15H2,1-2H3;2*1H. The Morgan fingerprint density at radius 2 is 1.46 bits per heavy atom. The molecule has 2 saturated heterocycles. The number of ether oxygens (including phenoxy) is 3. The van der Waals surface area contributed by atoms with Gasteiger partial charge in [0.1, 0.15) is 0 Å². The molecule has 8 heteroatoms. The second-order valence-corrected chi connectivity index (χ2v) is 7.90. The number of carbonyl (C=O) groups is 1. The lowest BCUT2D eigenvalue weighted by Crippen LogP contribution is -2.54. The molecule has 0 bridgehead atoms. The van der Waals surface area contributed by atoms with Crippen molar-refractivity contribution in [3.63, 3.8) is 0 Å². The molecule has 0 N–H and O–H groups in total. The molecule has 3 rings (SSSR count). The van der Waals surface area contributed by atoms with Crippen molar-refractivity contribution in [2.45, 2.75) is 76.9 Å². The minimum Gasteiger partial charge on any atom is -0.466 e. The van der Waals surface area contributed by atoms with Crippen molar-refractivity contribution < 1.29 is 19.0 Å². The van der Waals surface area contributed by atoms with E-state index in [9.17, 15) is 4.79 Å². The number of methoxy groups -OCH3 is 1.